The molecule has 0 aliphatic carbocycles. The van der Waals surface area contributed by atoms with Crippen LogP contribution in [0.3, 0.4) is 0 Å². The van der Waals surface area contributed by atoms with Crippen molar-refractivity contribution in [3.63, 3.8) is 0 Å². The molecule has 1 aromatic carbocycles. The quantitative estimate of drug-likeness (QED) is 0.744. The molecule has 2 N–H and O–H groups in total. The Bertz CT molecular complexity index is 300. The standard InChI is InChI=1S/C9H10N2O.ClH/c10-9-11-6-8(12-9)7-4-2-1-3-5-7;/h1-5,8H,6H2,(H2,10,11);1H. The van der Waals surface area contributed by atoms with Crippen LogP contribution in [0.25, 0.3) is 0 Å². The number of hydrogen-bond acceptors (Lipinski definition) is 3. The summed E-state index contributed by atoms with van der Waals surface area (Å²) >= 11 is 0. The summed E-state index contributed by atoms with van der Waals surface area (Å²) in [6.07, 6.45) is 0.0196. The molecule has 0 spiro atoms. The first kappa shape index (κ1) is 9.86. The number of benzene rings is 1. The van der Waals surface area contributed by atoms with E-state index in [4.69, 9.17) is 10.5 Å². The summed E-state index contributed by atoms with van der Waals surface area (Å²) in [4.78, 5) is 3.97. The number of hydrogen-bond donors (Lipinski definition) is 1. The lowest BCUT2D eigenvalue weighted by atomic mass is 10.1. The van der Waals surface area contributed by atoms with E-state index in [1.165, 1.54) is 0 Å². The average molecular weight is 199 g/mol. The molecule has 0 bridgehead atoms. The van der Waals surface area contributed by atoms with Gasteiger partial charge in [0.2, 0.25) is 0 Å². The van der Waals surface area contributed by atoms with E-state index in [1.54, 1.807) is 0 Å². The average Bonchev–Trinajstić information content (AvgIpc) is 2.54. The summed E-state index contributed by atoms with van der Waals surface area (Å²) in [6.45, 7) is 0.635. The van der Waals surface area contributed by atoms with E-state index < -0.39 is 0 Å². The van der Waals surface area contributed by atoms with Gasteiger partial charge in [-0.2, -0.15) is 0 Å². The highest BCUT2D eigenvalue weighted by Gasteiger charge is 2.18. The van der Waals surface area contributed by atoms with Crippen molar-refractivity contribution in [1.82, 2.24) is 0 Å². The smallest absolute Gasteiger partial charge is 0.282 e. The van der Waals surface area contributed by atoms with Crippen molar-refractivity contribution < 1.29 is 4.74 Å². The number of aliphatic imine (C=N–C) groups is 1. The number of nitrogens with two attached hydrogens (primary N) is 1. The summed E-state index contributed by atoms with van der Waals surface area (Å²) in [5.41, 5.74) is 6.52. The number of halogens is 1. The van der Waals surface area contributed by atoms with E-state index in [0.29, 0.717) is 12.6 Å². The maximum atomic E-state index is 5.39. The summed E-state index contributed by atoms with van der Waals surface area (Å²) in [7, 11) is 0. The molecule has 0 amide bonds. The Morgan fingerprint density at radius 1 is 1.31 bits per heavy atom. The fourth-order valence-electron chi connectivity index (χ4n) is 1.23. The van der Waals surface area contributed by atoms with E-state index in [2.05, 4.69) is 4.99 Å². The van der Waals surface area contributed by atoms with Gasteiger partial charge in [0.25, 0.3) is 6.02 Å². The van der Waals surface area contributed by atoms with Crippen LogP contribution in [0.5, 0.6) is 0 Å². The molecule has 3 nitrogen and oxygen atoms in total. The first-order valence-electron chi connectivity index (χ1n) is 3.88. The third-order valence-corrected chi connectivity index (χ3v) is 1.85. The van der Waals surface area contributed by atoms with Crippen LogP contribution in [0.15, 0.2) is 35.3 Å². The fraction of sp³-hybridized carbons (Fsp3) is 0.222. The van der Waals surface area contributed by atoms with Gasteiger partial charge in [-0.05, 0) is 5.56 Å². The van der Waals surface area contributed by atoms with Crippen LogP contribution in [0, 0.1) is 0 Å². The van der Waals surface area contributed by atoms with Gasteiger partial charge in [-0.25, -0.2) is 4.99 Å². The summed E-state index contributed by atoms with van der Waals surface area (Å²) in [5, 5.41) is 0. The van der Waals surface area contributed by atoms with Crippen LogP contribution in [0.4, 0.5) is 0 Å². The van der Waals surface area contributed by atoms with Crippen molar-refractivity contribution in [3.05, 3.63) is 35.9 Å². The predicted octanol–water partition coefficient (Wildman–Crippen LogP) is 1.49. The minimum Gasteiger partial charge on any atom is -0.455 e. The molecule has 1 atom stereocenters. The second-order valence-electron chi connectivity index (χ2n) is 2.70. The zero-order chi connectivity index (χ0) is 8.39. The largest absolute Gasteiger partial charge is 0.455 e. The molecule has 0 aromatic heterocycles. The molecule has 70 valence electrons. The van der Waals surface area contributed by atoms with Crippen LogP contribution in [0.1, 0.15) is 11.7 Å². The number of nitrogens with zero attached hydrogens (tertiary/aromatic N) is 1. The van der Waals surface area contributed by atoms with E-state index in [1.807, 2.05) is 30.3 Å². The molecule has 1 unspecified atom stereocenters. The highest BCUT2D eigenvalue weighted by atomic mass is 35.5. The molecule has 0 saturated carbocycles. The molecule has 0 radical (unpaired) electrons. The molecule has 13 heavy (non-hydrogen) atoms. The lowest BCUT2D eigenvalue weighted by Gasteiger charge is -2.08. The second-order valence-corrected chi connectivity index (χ2v) is 2.70. The topological polar surface area (TPSA) is 47.6 Å². The number of ether oxygens (including phenoxy) is 1. The van der Waals surface area contributed by atoms with Gasteiger partial charge >= 0.3 is 0 Å². The number of amidine groups is 1. The van der Waals surface area contributed by atoms with Crippen LogP contribution >= 0.6 is 12.4 Å². The van der Waals surface area contributed by atoms with Gasteiger partial charge in [0, 0.05) is 0 Å². The molecule has 1 heterocycles. The summed E-state index contributed by atoms with van der Waals surface area (Å²) in [5.74, 6) is 0. The van der Waals surface area contributed by atoms with Crippen LogP contribution < -0.4 is 5.73 Å². The molecule has 0 fully saturated rings. The van der Waals surface area contributed by atoms with Gasteiger partial charge in [0.05, 0.1) is 6.54 Å². The maximum absolute atomic E-state index is 5.39. The Hall–Kier alpha value is -1.22. The monoisotopic (exact) mass is 198 g/mol. The van der Waals surface area contributed by atoms with Gasteiger partial charge in [-0.15, -0.1) is 12.4 Å². The molecule has 0 saturated heterocycles. The predicted molar refractivity (Wildman–Crippen MR) is 54.0 cm³/mol. The van der Waals surface area contributed by atoms with Crippen LogP contribution in [0.2, 0.25) is 0 Å². The molecule has 2 rings (SSSR count). The van der Waals surface area contributed by atoms with Gasteiger partial charge in [0.1, 0.15) is 6.10 Å². The first-order valence-corrected chi connectivity index (χ1v) is 3.88. The first-order chi connectivity index (χ1) is 5.86. The molecule has 1 aromatic rings. The maximum Gasteiger partial charge on any atom is 0.282 e. The molecular weight excluding hydrogens is 188 g/mol. The van der Waals surface area contributed by atoms with E-state index in [0.717, 1.165) is 5.56 Å². The van der Waals surface area contributed by atoms with E-state index >= 15 is 0 Å². The van der Waals surface area contributed by atoms with Crippen molar-refractivity contribution in [2.75, 3.05) is 6.54 Å². The minimum absolute atomic E-state index is 0. The van der Waals surface area contributed by atoms with Crippen molar-refractivity contribution in [2.24, 2.45) is 10.7 Å². The van der Waals surface area contributed by atoms with E-state index in [9.17, 15) is 0 Å². The van der Waals surface area contributed by atoms with Gasteiger partial charge in [0.15, 0.2) is 0 Å². The van der Waals surface area contributed by atoms with Crippen molar-refractivity contribution in [1.29, 1.82) is 0 Å². The molecule has 1 aliphatic rings. The minimum atomic E-state index is 0. The Kier molecular flexibility index (Phi) is 3.14. The zero-order valence-corrected chi connectivity index (χ0v) is 7.83. The Labute approximate surface area is 83.0 Å². The Morgan fingerprint density at radius 3 is 2.54 bits per heavy atom. The normalized spacial score (nSPS) is 20.0. The number of rotatable bonds is 1. The fourth-order valence-corrected chi connectivity index (χ4v) is 1.23. The van der Waals surface area contributed by atoms with Crippen molar-refractivity contribution in [2.45, 2.75) is 6.10 Å². The van der Waals surface area contributed by atoms with Crippen molar-refractivity contribution >= 4 is 18.4 Å². The molecule has 1 aliphatic heterocycles. The lowest BCUT2D eigenvalue weighted by Crippen LogP contribution is -2.12. The second kappa shape index (κ2) is 4.14. The SMILES string of the molecule is Cl.NC1=NCC(c2ccccc2)O1. The van der Waals surface area contributed by atoms with Crippen LogP contribution in [-0.4, -0.2) is 12.6 Å². The highest BCUT2D eigenvalue weighted by Crippen LogP contribution is 2.20. The molecule has 4 heteroatoms. The lowest BCUT2D eigenvalue weighted by molar-refractivity contribution is 0.226. The summed E-state index contributed by atoms with van der Waals surface area (Å²) in [6, 6.07) is 10.3. The van der Waals surface area contributed by atoms with Gasteiger partial charge in [-0.3, -0.25) is 0 Å². The highest BCUT2D eigenvalue weighted by molar-refractivity contribution is 5.85. The van der Waals surface area contributed by atoms with Gasteiger partial charge < -0.3 is 10.5 Å². The summed E-state index contributed by atoms with van der Waals surface area (Å²) < 4.78 is 5.28. The van der Waals surface area contributed by atoms with E-state index in [-0.39, 0.29) is 18.5 Å². The van der Waals surface area contributed by atoms with Gasteiger partial charge in [-0.1, -0.05) is 30.3 Å². The Balaban J connectivity index is 0.000000845. The Morgan fingerprint density at radius 2 is 2.00 bits per heavy atom. The van der Waals surface area contributed by atoms with Crippen molar-refractivity contribution in [3.8, 4) is 0 Å². The third-order valence-electron chi connectivity index (χ3n) is 1.85. The van der Waals surface area contributed by atoms with Crippen LogP contribution in [-0.2, 0) is 4.74 Å². The molecular formula is C9H11ClN2O. The third kappa shape index (κ3) is 2.12. The zero-order valence-electron chi connectivity index (χ0n) is 7.01.